The molecule has 4 heteroatoms. The van der Waals surface area contributed by atoms with Crippen LogP contribution < -0.4 is 5.32 Å². The van der Waals surface area contributed by atoms with Gasteiger partial charge in [0.05, 0.1) is 9.26 Å². The summed E-state index contributed by atoms with van der Waals surface area (Å²) >= 11 is 2.33. The molecule has 100 valence electrons. The van der Waals surface area contributed by atoms with Crippen molar-refractivity contribution in [3.63, 3.8) is 0 Å². The van der Waals surface area contributed by atoms with Crippen LogP contribution in [0.1, 0.15) is 57.0 Å². The highest BCUT2D eigenvalue weighted by molar-refractivity contribution is 14.1. The van der Waals surface area contributed by atoms with E-state index in [2.05, 4.69) is 48.7 Å². The van der Waals surface area contributed by atoms with E-state index in [1.54, 1.807) is 0 Å². The van der Waals surface area contributed by atoms with Gasteiger partial charge in [0.2, 0.25) is 0 Å². The third-order valence-electron chi connectivity index (χ3n) is 3.68. The second kappa shape index (κ2) is 6.17. The molecule has 0 bridgehead atoms. The van der Waals surface area contributed by atoms with Crippen LogP contribution >= 0.6 is 22.6 Å². The molecule has 0 aromatic carbocycles. The Morgan fingerprint density at radius 2 is 2.11 bits per heavy atom. The second-order valence-electron chi connectivity index (χ2n) is 5.33. The van der Waals surface area contributed by atoms with E-state index < -0.39 is 0 Å². The van der Waals surface area contributed by atoms with Gasteiger partial charge in [0.15, 0.2) is 0 Å². The first-order valence-electron chi connectivity index (χ1n) is 6.89. The largest absolute Gasteiger partial charge is 0.369 e. The molecule has 1 aliphatic rings. The minimum Gasteiger partial charge on any atom is -0.369 e. The molecule has 0 saturated heterocycles. The van der Waals surface area contributed by atoms with Crippen molar-refractivity contribution in [2.45, 2.75) is 52.4 Å². The summed E-state index contributed by atoms with van der Waals surface area (Å²) in [5.74, 6) is 3.44. The first-order chi connectivity index (χ1) is 8.61. The van der Waals surface area contributed by atoms with Crippen LogP contribution in [-0.2, 0) is 0 Å². The zero-order valence-electron chi connectivity index (χ0n) is 11.5. The van der Waals surface area contributed by atoms with Crippen LogP contribution in [0.5, 0.6) is 0 Å². The van der Waals surface area contributed by atoms with Crippen molar-refractivity contribution in [1.29, 1.82) is 0 Å². The molecule has 1 aromatic heterocycles. The van der Waals surface area contributed by atoms with Crippen molar-refractivity contribution in [1.82, 2.24) is 9.97 Å². The van der Waals surface area contributed by atoms with Gasteiger partial charge in [-0.25, -0.2) is 9.97 Å². The Hall–Kier alpha value is -0.390. The van der Waals surface area contributed by atoms with Crippen molar-refractivity contribution in [3.8, 4) is 0 Å². The zero-order valence-corrected chi connectivity index (χ0v) is 13.6. The lowest BCUT2D eigenvalue weighted by molar-refractivity contribution is 0.335. The van der Waals surface area contributed by atoms with Crippen LogP contribution in [0.25, 0.3) is 0 Å². The molecule has 1 aromatic rings. The molecule has 18 heavy (non-hydrogen) atoms. The van der Waals surface area contributed by atoms with Crippen molar-refractivity contribution in [2.24, 2.45) is 5.92 Å². The van der Waals surface area contributed by atoms with Gasteiger partial charge in [-0.15, -0.1) is 0 Å². The van der Waals surface area contributed by atoms with E-state index in [9.17, 15) is 0 Å². The highest BCUT2D eigenvalue weighted by atomic mass is 127. The van der Waals surface area contributed by atoms with Gasteiger partial charge in [-0.2, -0.15) is 0 Å². The molecule has 0 aliphatic heterocycles. The molecule has 0 spiro atoms. The maximum atomic E-state index is 4.75. The minimum atomic E-state index is 0.557. The summed E-state index contributed by atoms with van der Waals surface area (Å²) in [5.41, 5.74) is 1.11. The second-order valence-corrected chi connectivity index (χ2v) is 6.41. The standard InChI is InChI=1S/C14H22IN3/c1-4-16-14-12(15)10(3)17-13(18-14)11-7-5-6-9(2)8-11/h9,11H,4-8H2,1-3H3,(H,16,17,18). The number of aryl methyl sites for hydroxylation is 1. The van der Waals surface area contributed by atoms with Gasteiger partial charge in [0.25, 0.3) is 0 Å². The lowest BCUT2D eigenvalue weighted by atomic mass is 9.82. The summed E-state index contributed by atoms with van der Waals surface area (Å²) in [6, 6.07) is 0. The molecule has 1 saturated carbocycles. The molecule has 1 heterocycles. The first kappa shape index (κ1) is 14.0. The van der Waals surface area contributed by atoms with Crippen molar-refractivity contribution in [3.05, 3.63) is 15.1 Å². The average Bonchev–Trinajstić information content (AvgIpc) is 2.35. The fourth-order valence-electron chi connectivity index (χ4n) is 2.72. The molecule has 2 unspecified atom stereocenters. The van der Waals surface area contributed by atoms with E-state index in [0.717, 1.165) is 33.4 Å². The normalized spacial score (nSPS) is 24.0. The van der Waals surface area contributed by atoms with E-state index in [1.165, 1.54) is 25.7 Å². The molecule has 3 nitrogen and oxygen atoms in total. The zero-order chi connectivity index (χ0) is 13.1. The Labute approximate surface area is 123 Å². The van der Waals surface area contributed by atoms with Gasteiger partial charge in [0, 0.05) is 12.5 Å². The summed E-state index contributed by atoms with van der Waals surface area (Å²) in [5, 5.41) is 3.35. The molecule has 0 radical (unpaired) electrons. The van der Waals surface area contributed by atoms with Crippen LogP contribution in [0.15, 0.2) is 0 Å². The van der Waals surface area contributed by atoms with Crippen LogP contribution in [0.4, 0.5) is 5.82 Å². The molecule has 1 N–H and O–H groups in total. The van der Waals surface area contributed by atoms with Gasteiger partial charge < -0.3 is 5.32 Å². The molecule has 1 aliphatic carbocycles. The average molecular weight is 359 g/mol. The van der Waals surface area contributed by atoms with Crippen LogP contribution in [0.2, 0.25) is 0 Å². The van der Waals surface area contributed by atoms with Gasteiger partial charge in [-0.05, 0) is 55.2 Å². The fraction of sp³-hybridized carbons (Fsp3) is 0.714. The number of hydrogen-bond acceptors (Lipinski definition) is 3. The maximum Gasteiger partial charge on any atom is 0.143 e. The summed E-state index contributed by atoms with van der Waals surface area (Å²) in [7, 11) is 0. The monoisotopic (exact) mass is 359 g/mol. The van der Waals surface area contributed by atoms with E-state index >= 15 is 0 Å². The lowest BCUT2D eigenvalue weighted by Gasteiger charge is -2.26. The van der Waals surface area contributed by atoms with Crippen LogP contribution in [0, 0.1) is 16.4 Å². The van der Waals surface area contributed by atoms with Gasteiger partial charge in [0.1, 0.15) is 11.6 Å². The quantitative estimate of drug-likeness (QED) is 0.826. The lowest BCUT2D eigenvalue weighted by Crippen LogP contribution is -2.16. The van der Waals surface area contributed by atoms with Crippen molar-refractivity contribution in [2.75, 3.05) is 11.9 Å². The Bertz CT molecular complexity index is 420. The molecular weight excluding hydrogens is 337 g/mol. The third-order valence-corrected chi connectivity index (χ3v) is 4.97. The van der Waals surface area contributed by atoms with Gasteiger partial charge in [-0.3, -0.25) is 0 Å². The topological polar surface area (TPSA) is 37.8 Å². The fourth-order valence-corrected chi connectivity index (χ4v) is 3.15. The Morgan fingerprint density at radius 1 is 1.33 bits per heavy atom. The van der Waals surface area contributed by atoms with E-state index in [0.29, 0.717) is 5.92 Å². The number of aromatic nitrogens is 2. The summed E-state index contributed by atoms with van der Waals surface area (Å²) in [6.45, 7) is 7.44. The highest BCUT2D eigenvalue weighted by Crippen LogP contribution is 2.35. The SMILES string of the molecule is CCNc1nc(C2CCCC(C)C2)nc(C)c1I. The van der Waals surface area contributed by atoms with Crippen molar-refractivity contribution < 1.29 is 0 Å². The number of nitrogens with zero attached hydrogens (tertiary/aromatic N) is 2. The van der Waals surface area contributed by atoms with Crippen LogP contribution in [-0.4, -0.2) is 16.5 Å². The summed E-state index contributed by atoms with van der Waals surface area (Å²) in [6.07, 6.45) is 5.16. The summed E-state index contributed by atoms with van der Waals surface area (Å²) < 4.78 is 1.15. The number of halogens is 1. The Morgan fingerprint density at radius 3 is 2.78 bits per heavy atom. The van der Waals surface area contributed by atoms with E-state index in [-0.39, 0.29) is 0 Å². The third kappa shape index (κ3) is 3.13. The van der Waals surface area contributed by atoms with Gasteiger partial charge in [-0.1, -0.05) is 19.8 Å². The predicted molar refractivity (Wildman–Crippen MR) is 84.0 cm³/mol. The number of rotatable bonds is 3. The maximum absolute atomic E-state index is 4.75. The van der Waals surface area contributed by atoms with Crippen molar-refractivity contribution >= 4 is 28.4 Å². The van der Waals surface area contributed by atoms with E-state index in [4.69, 9.17) is 9.97 Å². The number of hydrogen-bond donors (Lipinski definition) is 1. The molecule has 1 fully saturated rings. The smallest absolute Gasteiger partial charge is 0.143 e. The highest BCUT2D eigenvalue weighted by Gasteiger charge is 2.23. The minimum absolute atomic E-state index is 0.557. The molecule has 2 rings (SSSR count). The first-order valence-corrected chi connectivity index (χ1v) is 7.97. The molecular formula is C14H22IN3. The Kier molecular flexibility index (Phi) is 4.81. The van der Waals surface area contributed by atoms with Gasteiger partial charge >= 0.3 is 0 Å². The molecule has 2 atom stereocenters. The van der Waals surface area contributed by atoms with Crippen LogP contribution in [0.3, 0.4) is 0 Å². The Balaban J connectivity index is 2.27. The molecule has 0 amide bonds. The number of anilines is 1. The summed E-state index contributed by atoms with van der Waals surface area (Å²) in [4.78, 5) is 9.47. The van der Waals surface area contributed by atoms with E-state index in [1.807, 2.05) is 0 Å². The number of nitrogens with one attached hydrogen (secondary N) is 1. The predicted octanol–water partition coefficient (Wildman–Crippen LogP) is 4.12.